The number of hydrazine groups is 1. The number of aromatic nitrogens is 5. The van der Waals surface area contributed by atoms with Gasteiger partial charge >= 0.3 is 0 Å². The molecule has 2 aromatic heterocycles. The molecule has 0 amide bonds. The first kappa shape index (κ1) is 12.8. The van der Waals surface area contributed by atoms with Crippen LogP contribution in [0.1, 0.15) is 24.5 Å². The fourth-order valence-corrected chi connectivity index (χ4v) is 2.40. The van der Waals surface area contributed by atoms with Crippen molar-refractivity contribution >= 4 is 10.9 Å². The largest absolute Gasteiger partial charge is 0.271 e. The molecule has 0 aliphatic rings. The molecule has 3 aromatic rings. The summed E-state index contributed by atoms with van der Waals surface area (Å²) in [4.78, 5) is 4.15. The Morgan fingerprint density at radius 3 is 2.95 bits per heavy atom. The van der Waals surface area contributed by atoms with E-state index >= 15 is 0 Å². The number of para-hydroxylation sites is 1. The van der Waals surface area contributed by atoms with Gasteiger partial charge in [0.15, 0.2) is 0 Å². The predicted molar refractivity (Wildman–Crippen MR) is 75.6 cm³/mol. The quantitative estimate of drug-likeness (QED) is 0.473. The van der Waals surface area contributed by atoms with Gasteiger partial charge in [-0.1, -0.05) is 18.2 Å². The van der Waals surface area contributed by atoms with E-state index in [0.717, 1.165) is 23.1 Å². The molecule has 7 heteroatoms. The second-order valence-electron chi connectivity index (χ2n) is 4.57. The fourth-order valence-electron chi connectivity index (χ4n) is 2.40. The van der Waals surface area contributed by atoms with Crippen molar-refractivity contribution in [3.8, 4) is 0 Å². The summed E-state index contributed by atoms with van der Waals surface area (Å²) in [6.07, 6.45) is 2.13. The summed E-state index contributed by atoms with van der Waals surface area (Å²) in [5.41, 5.74) is 4.90. The molecule has 3 rings (SSSR count). The van der Waals surface area contributed by atoms with Crippen LogP contribution < -0.4 is 11.3 Å². The van der Waals surface area contributed by atoms with Crippen LogP contribution >= 0.6 is 0 Å². The van der Waals surface area contributed by atoms with Crippen molar-refractivity contribution < 1.29 is 0 Å². The van der Waals surface area contributed by atoms with E-state index in [1.54, 1.807) is 0 Å². The van der Waals surface area contributed by atoms with Gasteiger partial charge in [0.05, 0.1) is 17.3 Å². The van der Waals surface area contributed by atoms with E-state index in [1.165, 1.54) is 6.33 Å². The van der Waals surface area contributed by atoms with E-state index in [9.17, 15) is 0 Å². The van der Waals surface area contributed by atoms with Gasteiger partial charge in [-0.25, -0.2) is 10.4 Å². The van der Waals surface area contributed by atoms with Crippen molar-refractivity contribution in [1.82, 2.24) is 30.4 Å². The van der Waals surface area contributed by atoms with Gasteiger partial charge in [0.2, 0.25) is 0 Å². The maximum absolute atomic E-state index is 5.62. The Morgan fingerprint density at radius 1 is 1.40 bits per heavy atom. The number of nitrogens with one attached hydrogen (secondary N) is 2. The molecule has 0 fully saturated rings. The molecular weight excluding hydrogens is 254 g/mol. The maximum Gasteiger partial charge on any atom is 0.143 e. The highest BCUT2D eigenvalue weighted by molar-refractivity contribution is 5.82. The molecule has 1 unspecified atom stereocenters. The average Bonchev–Trinajstić information content (AvgIpc) is 3.13. The van der Waals surface area contributed by atoms with Crippen LogP contribution in [0.3, 0.4) is 0 Å². The second kappa shape index (κ2) is 5.40. The molecule has 0 saturated carbocycles. The molecule has 2 heterocycles. The first-order valence-electron chi connectivity index (χ1n) is 6.59. The summed E-state index contributed by atoms with van der Waals surface area (Å²) >= 11 is 0. The molecule has 1 atom stereocenters. The number of nitrogens with two attached hydrogens (primary N) is 1. The molecule has 20 heavy (non-hydrogen) atoms. The Kier molecular flexibility index (Phi) is 3.44. The monoisotopic (exact) mass is 271 g/mol. The van der Waals surface area contributed by atoms with Crippen molar-refractivity contribution in [2.24, 2.45) is 5.84 Å². The maximum atomic E-state index is 5.62. The van der Waals surface area contributed by atoms with Crippen LogP contribution in [0.15, 0.2) is 30.6 Å². The van der Waals surface area contributed by atoms with E-state index in [2.05, 4.69) is 44.8 Å². The van der Waals surface area contributed by atoms with Crippen LogP contribution in [-0.2, 0) is 13.0 Å². The molecule has 0 spiro atoms. The summed E-state index contributed by atoms with van der Waals surface area (Å²) < 4.78 is 2.00. The topological polar surface area (TPSA) is 97.4 Å². The van der Waals surface area contributed by atoms with Gasteiger partial charge in [-0.2, -0.15) is 10.2 Å². The normalized spacial score (nSPS) is 12.9. The fraction of sp³-hybridized carbons (Fsp3) is 0.308. The van der Waals surface area contributed by atoms with Gasteiger partial charge in [-0.15, -0.1) is 0 Å². The Labute approximate surface area is 116 Å². The summed E-state index contributed by atoms with van der Waals surface area (Å²) in [5, 5.41) is 12.5. The third kappa shape index (κ3) is 2.17. The highest BCUT2D eigenvalue weighted by atomic mass is 15.3. The number of H-pyrrole nitrogens is 1. The van der Waals surface area contributed by atoms with Gasteiger partial charge in [-0.3, -0.25) is 15.6 Å². The molecule has 1 aromatic carbocycles. The molecule has 0 aliphatic carbocycles. The van der Waals surface area contributed by atoms with Crippen LogP contribution in [0.2, 0.25) is 0 Å². The lowest BCUT2D eigenvalue weighted by atomic mass is 10.1. The zero-order valence-electron chi connectivity index (χ0n) is 11.2. The van der Waals surface area contributed by atoms with Gasteiger partial charge < -0.3 is 0 Å². The predicted octanol–water partition coefficient (Wildman–Crippen LogP) is 0.921. The minimum Gasteiger partial charge on any atom is -0.271 e. The standard InChI is InChI=1S/C13H17N7/c1-2-20-12-6-4-3-5-9(12)10(19-20)7-11(17-14)13-15-8-16-18-13/h3-6,8,11,17H,2,7,14H2,1H3,(H,15,16,18). The zero-order valence-corrected chi connectivity index (χ0v) is 11.2. The van der Waals surface area contributed by atoms with Crippen molar-refractivity contribution in [3.05, 3.63) is 42.1 Å². The number of fused-ring (bicyclic) bond motifs is 1. The van der Waals surface area contributed by atoms with Crippen molar-refractivity contribution in [2.45, 2.75) is 25.9 Å². The van der Waals surface area contributed by atoms with Gasteiger partial charge in [-0.05, 0) is 13.0 Å². The number of nitrogens with zero attached hydrogens (tertiary/aromatic N) is 4. The Balaban J connectivity index is 1.98. The summed E-state index contributed by atoms with van der Waals surface area (Å²) in [6, 6.07) is 8.06. The number of aryl methyl sites for hydroxylation is 1. The highest BCUT2D eigenvalue weighted by Gasteiger charge is 2.18. The van der Waals surface area contributed by atoms with Crippen LogP contribution in [0.25, 0.3) is 10.9 Å². The van der Waals surface area contributed by atoms with E-state index in [4.69, 9.17) is 5.84 Å². The third-order valence-electron chi connectivity index (χ3n) is 3.40. The molecule has 4 N–H and O–H groups in total. The lowest BCUT2D eigenvalue weighted by Crippen LogP contribution is -2.30. The molecule has 0 saturated heterocycles. The number of rotatable bonds is 5. The van der Waals surface area contributed by atoms with E-state index in [0.29, 0.717) is 12.2 Å². The van der Waals surface area contributed by atoms with Crippen LogP contribution in [-0.4, -0.2) is 25.0 Å². The molecule has 0 bridgehead atoms. The minimum atomic E-state index is -0.138. The van der Waals surface area contributed by atoms with Gasteiger partial charge in [0.25, 0.3) is 0 Å². The van der Waals surface area contributed by atoms with Crippen molar-refractivity contribution in [1.29, 1.82) is 0 Å². The molecular formula is C13H17N7. The molecule has 0 radical (unpaired) electrons. The van der Waals surface area contributed by atoms with Gasteiger partial charge in [0.1, 0.15) is 12.2 Å². The van der Waals surface area contributed by atoms with Crippen LogP contribution in [0.5, 0.6) is 0 Å². The molecule has 104 valence electrons. The summed E-state index contributed by atoms with van der Waals surface area (Å²) in [5.74, 6) is 6.33. The lowest BCUT2D eigenvalue weighted by molar-refractivity contribution is 0.515. The van der Waals surface area contributed by atoms with Crippen LogP contribution in [0.4, 0.5) is 0 Å². The SMILES string of the molecule is CCn1nc(CC(NN)c2ncn[nH]2)c2ccccc21. The molecule has 0 aliphatic heterocycles. The first-order valence-corrected chi connectivity index (χ1v) is 6.59. The van der Waals surface area contributed by atoms with Crippen molar-refractivity contribution in [2.75, 3.05) is 0 Å². The summed E-state index contributed by atoms with van der Waals surface area (Å²) in [6.45, 7) is 2.92. The minimum absolute atomic E-state index is 0.138. The zero-order chi connectivity index (χ0) is 13.9. The number of benzene rings is 1. The molecule has 7 nitrogen and oxygen atoms in total. The number of hydrogen-bond donors (Lipinski definition) is 3. The first-order chi connectivity index (χ1) is 9.83. The second-order valence-corrected chi connectivity index (χ2v) is 4.57. The Hall–Kier alpha value is -2.25. The smallest absolute Gasteiger partial charge is 0.143 e. The number of aromatic amines is 1. The lowest BCUT2D eigenvalue weighted by Gasteiger charge is -2.11. The average molecular weight is 271 g/mol. The Morgan fingerprint density at radius 2 is 2.25 bits per heavy atom. The highest BCUT2D eigenvalue weighted by Crippen LogP contribution is 2.22. The summed E-state index contributed by atoms with van der Waals surface area (Å²) in [7, 11) is 0. The van der Waals surface area contributed by atoms with E-state index < -0.39 is 0 Å². The Bertz CT molecular complexity index is 686. The van der Waals surface area contributed by atoms with E-state index in [-0.39, 0.29) is 6.04 Å². The van der Waals surface area contributed by atoms with E-state index in [1.807, 2.05) is 16.8 Å². The van der Waals surface area contributed by atoms with Crippen LogP contribution in [0, 0.1) is 0 Å². The van der Waals surface area contributed by atoms with Crippen molar-refractivity contribution in [3.63, 3.8) is 0 Å². The number of hydrogen-bond acceptors (Lipinski definition) is 5. The van der Waals surface area contributed by atoms with Gasteiger partial charge in [0, 0.05) is 18.4 Å². The third-order valence-corrected chi connectivity index (χ3v) is 3.40.